The van der Waals surface area contributed by atoms with Crippen molar-refractivity contribution < 1.29 is 29.0 Å². The Morgan fingerprint density at radius 2 is 1.49 bits per heavy atom. The zero-order valence-corrected chi connectivity index (χ0v) is 19.4. The SMILES string of the molecule is COCC(C)(NC(=O)c1ccccc1NC(=O)OCC1c2ccccc2-c2ccccc21)C(=O)O. The molecule has 0 saturated heterocycles. The number of hydrogen-bond donors (Lipinski definition) is 3. The number of rotatable bonds is 8. The molecule has 0 aliphatic heterocycles. The Kier molecular flexibility index (Phi) is 6.84. The van der Waals surface area contributed by atoms with Crippen LogP contribution in [0.1, 0.15) is 34.3 Å². The zero-order valence-electron chi connectivity index (χ0n) is 19.4. The molecule has 0 fully saturated rings. The number of hydrogen-bond acceptors (Lipinski definition) is 5. The molecule has 1 unspecified atom stereocenters. The molecule has 180 valence electrons. The highest BCUT2D eigenvalue weighted by Crippen LogP contribution is 2.44. The standard InChI is InChI=1S/C27H26N2O6/c1-27(16-34-2,25(31)32)29-24(30)21-13-7-8-14-23(21)28-26(33)35-15-22-19-11-5-3-9-17(19)18-10-4-6-12-20(18)22/h3-14,22H,15-16H2,1-2H3,(H,28,33)(H,29,30)(H,31,32). The number of benzene rings is 3. The van der Waals surface area contributed by atoms with Crippen molar-refractivity contribution in [3.63, 3.8) is 0 Å². The summed E-state index contributed by atoms with van der Waals surface area (Å²) in [6.07, 6.45) is -0.718. The third kappa shape index (κ3) is 4.88. The van der Waals surface area contributed by atoms with Crippen molar-refractivity contribution in [1.29, 1.82) is 0 Å². The molecule has 35 heavy (non-hydrogen) atoms. The van der Waals surface area contributed by atoms with Gasteiger partial charge in [0.05, 0.1) is 17.9 Å². The molecule has 2 amide bonds. The highest BCUT2D eigenvalue weighted by Gasteiger charge is 2.36. The quantitative estimate of drug-likeness (QED) is 0.449. The van der Waals surface area contributed by atoms with Gasteiger partial charge in [0.15, 0.2) is 5.54 Å². The molecule has 3 aromatic carbocycles. The first-order chi connectivity index (χ1) is 16.8. The maximum atomic E-state index is 12.9. The molecular formula is C27H26N2O6. The lowest BCUT2D eigenvalue weighted by Gasteiger charge is -2.25. The van der Waals surface area contributed by atoms with E-state index in [0.29, 0.717) is 0 Å². The molecule has 0 aromatic heterocycles. The molecule has 0 radical (unpaired) electrons. The summed E-state index contributed by atoms with van der Waals surface area (Å²) in [5, 5.41) is 14.6. The second-order valence-electron chi connectivity index (χ2n) is 8.52. The second kappa shape index (κ2) is 9.99. The molecule has 1 aliphatic carbocycles. The third-order valence-electron chi connectivity index (χ3n) is 6.05. The summed E-state index contributed by atoms with van der Waals surface area (Å²) in [5.74, 6) is -2.01. The normalized spacial score (nSPS) is 13.8. The first kappa shape index (κ1) is 24.0. The summed E-state index contributed by atoms with van der Waals surface area (Å²) < 4.78 is 10.5. The fraction of sp³-hybridized carbons (Fsp3) is 0.222. The minimum Gasteiger partial charge on any atom is -0.479 e. The number of carbonyl (C=O) groups is 3. The minimum absolute atomic E-state index is 0.1000. The lowest BCUT2D eigenvalue weighted by Crippen LogP contribution is -2.55. The summed E-state index contributed by atoms with van der Waals surface area (Å²) >= 11 is 0. The Balaban J connectivity index is 1.47. The fourth-order valence-electron chi connectivity index (χ4n) is 4.29. The van der Waals surface area contributed by atoms with Gasteiger partial charge in [-0.15, -0.1) is 0 Å². The van der Waals surface area contributed by atoms with Gasteiger partial charge >= 0.3 is 12.1 Å². The number of methoxy groups -OCH3 is 1. The molecule has 8 nitrogen and oxygen atoms in total. The van der Waals surface area contributed by atoms with Gasteiger partial charge in [-0.05, 0) is 41.3 Å². The van der Waals surface area contributed by atoms with Gasteiger partial charge in [-0.1, -0.05) is 60.7 Å². The topological polar surface area (TPSA) is 114 Å². The van der Waals surface area contributed by atoms with Crippen molar-refractivity contribution in [2.45, 2.75) is 18.4 Å². The van der Waals surface area contributed by atoms with E-state index in [9.17, 15) is 19.5 Å². The molecule has 3 N–H and O–H groups in total. The highest BCUT2D eigenvalue weighted by molar-refractivity contribution is 6.04. The van der Waals surface area contributed by atoms with Gasteiger partial charge < -0.3 is 19.9 Å². The average molecular weight is 475 g/mol. The molecule has 0 bridgehead atoms. The zero-order chi connectivity index (χ0) is 25.0. The lowest BCUT2D eigenvalue weighted by atomic mass is 9.98. The van der Waals surface area contributed by atoms with Crippen LogP contribution in [0.2, 0.25) is 0 Å². The van der Waals surface area contributed by atoms with Gasteiger partial charge in [0, 0.05) is 13.0 Å². The van der Waals surface area contributed by atoms with E-state index in [4.69, 9.17) is 9.47 Å². The van der Waals surface area contributed by atoms with E-state index in [2.05, 4.69) is 22.8 Å². The van der Waals surface area contributed by atoms with E-state index in [0.717, 1.165) is 22.3 Å². The predicted octanol–water partition coefficient (Wildman–Crippen LogP) is 4.27. The van der Waals surface area contributed by atoms with E-state index >= 15 is 0 Å². The van der Waals surface area contributed by atoms with Crippen molar-refractivity contribution in [3.8, 4) is 11.1 Å². The van der Waals surface area contributed by atoms with Crippen LogP contribution in [0.3, 0.4) is 0 Å². The summed E-state index contributed by atoms with van der Waals surface area (Å²) in [5.41, 5.74) is 3.09. The number of para-hydroxylation sites is 1. The van der Waals surface area contributed by atoms with E-state index in [1.54, 1.807) is 18.2 Å². The van der Waals surface area contributed by atoms with Gasteiger partial charge in [-0.25, -0.2) is 9.59 Å². The van der Waals surface area contributed by atoms with Gasteiger partial charge in [-0.3, -0.25) is 10.1 Å². The smallest absolute Gasteiger partial charge is 0.411 e. The minimum atomic E-state index is -1.64. The van der Waals surface area contributed by atoms with Crippen molar-refractivity contribution in [1.82, 2.24) is 5.32 Å². The van der Waals surface area contributed by atoms with Crippen LogP contribution >= 0.6 is 0 Å². The van der Waals surface area contributed by atoms with Crippen molar-refractivity contribution >= 4 is 23.7 Å². The molecule has 0 heterocycles. The van der Waals surface area contributed by atoms with Crippen molar-refractivity contribution in [2.75, 3.05) is 25.6 Å². The van der Waals surface area contributed by atoms with Crippen LogP contribution in [-0.2, 0) is 14.3 Å². The molecular weight excluding hydrogens is 448 g/mol. The Morgan fingerprint density at radius 1 is 0.914 bits per heavy atom. The average Bonchev–Trinajstić information content (AvgIpc) is 3.17. The predicted molar refractivity (Wildman–Crippen MR) is 131 cm³/mol. The summed E-state index contributed by atoms with van der Waals surface area (Å²) in [4.78, 5) is 37.2. The highest BCUT2D eigenvalue weighted by atomic mass is 16.5. The Hall–Kier alpha value is -4.17. The summed E-state index contributed by atoms with van der Waals surface area (Å²) in [7, 11) is 1.35. The van der Waals surface area contributed by atoms with Gasteiger partial charge in [0.1, 0.15) is 6.61 Å². The van der Waals surface area contributed by atoms with Crippen LogP contribution in [0.5, 0.6) is 0 Å². The maximum absolute atomic E-state index is 12.9. The molecule has 1 atom stereocenters. The first-order valence-electron chi connectivity index (χ1n) is 11.1. The lowest BCUT2D eigenvalue weighted by molar-refractivity contribution is -0.145. The van der Waals surface area contributed by atoms with Crippen LogP contribution in [0.4, 0.5) is 10.5 Å². The van der Waals surface area contributed by atoms with Gasteiger partial charge in [-0.2, -0.15) is 0 Å². The maximum Gasteiger partial charge on any atom is 0.411 e. The van der Waals surface area contributed by atoms with Crippen molar-refractivity contribution in [2.24, 2.45) is 0 Å². The third-order valence-corrected chi connectivity index (χ3v) is 6.05. The summed E-state index contributed by atoms with van der Waals surface area (Å²) in [6, 6.07) is 22.4. The number of carboxylic acids is 1. The number of amides is 2. The van der Waals surface area contributed by atoms with Crippen LogP contribution in [0, 0.1) is 0 Å². The van der Waals surface area contributed by atoms with Gasteiger partial charge in [0.25, 0.3) is 5.91 Å². The monoisotopic (exact) mass is 474 g/mol. The van der Waals surface area contributed by atoms with E-state index in [1.165, 1.54) is 20.1 Å². The Bertz CT molecular complexity index is 1230. The molecule has 4 rings (SSSR count). The van der Waals surface area contributed by atoms with Gasteiger partial charge in [0.2, 0.25) is 0 Å². The van der Waals surface area contributed by atoms with Crippen LogP contribution in [-0.4, -0.2) is 48.9 Å². The first-order valence-corrected chi connectivity index (χ1v) is 11.1. The largest absolute Gasteiger partial charge is 0.479 e. The summed E-state index contributed by atoms with van der Waals surface area (Å²) in [6.45, 7) is 1.24. The molecule has 3 aromatic rings. The molecule has 0 saturated carbocycles. The number of aliphatic carboxylic acids is 1. The number of nitrogens with one attached hydrogen (secondary N) is 2. The Labute approximate surface area is 202 Å². The van der Waals surface area contributed by atoms with Crippen LogP contribution in [0.25, 0.3) is 11.1 Å². The van der Waals surface area contributed by atoms with Crippen LogP contribution < -0.4 is 10.6 Å². The van der Waals surface area contributed by atoms with Crippen molar-refractivity contribution in [3.05, 3.63) is 89.5 Å². The number of ether oxygens (including phenoxy) is 2. The van der Waals surface area contributed by atoms with E-state index in [-0.39, 0.29) is 30.4 Å². The van der Waals surface area contributed by atoms with E-state index < -0.39 is 23.5 Å². The second-order valence-corrected chi connectivity index (χ2v) is 8.52. The van der Waals surface area contributed by atoms with Crippen LogP contribution in [0.15, 0.2) is 72.8 Å². The molecule has 0 spiro atoms. The fourth-order valence-corrected chi connectivity index (χ4v) is 4.29. The number of carboxylic acid groups (broad SMARTS) is 1. The Morgan fingerprint density at radius 3 is 2.09 bits per heavy atom. The number of anilines is 1. The molecule has 8 heteroatoms. The number of fused-ring (bicyclic) bond motifs is 3. The van der Waals surface area contributed by atoms with E-state index in [1.807, 2.05) is 36.4 Å². The molecule has 1 aliphatic rings. The number of carbonyl (C=O) groups excluding carboxylic acids is 2.